The van der Waals surface area contributed by atoms with Crippen LogP contribution in [0.3, 0.4) is 0 Å². The van der Waals surface area contributed by atoms with Crippen molar-refractivity contribution in [1.82, 2.24) is 0 Å². The van der Waals surface area contributed by atoms with Crippen molar-refractivity contribution in [2.45, 2.75) is 12.5 Å². The minimum absolute atomic E-state index is 0.0203. The summed E-state index contributed by atoms with van der Waals surface area (Å²) in [6.07, 6.45) is 0.649. The van der Waals surface area contributed by atoms with E-state index in [1.807, 2.05) is 12.1 Å². The second-order valence-corrected chi connectivity index (χ2v) is 6.54. The normalized spacial score (nSPS) is 21.6. The molecule has 1 aliphatic rings. The fourth-order valence-electron chi connectivity index (χ4n) is 2.07. The van der Waals surface area contributed by atoms with Crippen molar-refractivity contribution in [3.8, 4) is 11.5 Å². The molecule has 1 atom stereocenters. The number of ether oxygens (including phenoxy) is 2. The number of nitrogens with one attached hydrogen (secondary N) is 1. The molecule has 0 bridgehead atoms. The van der Waals surface area contributed by atoms with Gasteiger partial charge in [-0.25, -0.2) is 8.42 Å². The van der Waals surface area contributed by atoms with Gasteiger partial charge in [-0.05, 0) is 18.6 Å². The van der Waals surface area contributed by atoms with Crippen molar-refractivity contribution < 1.29 is 17.9 Å². The Bertz CT molecular complexity index is 527. The highest BCUT2D eigenvalue weighted by atomic mass is 32.2. The summed E-state index contributed by atoms with van der Waals surface area (Å²) in [4.78, 5) is 0. The molecule has 0 spiro atoms. The Labute approximate surface area is 107 Å². The number of sulfone groups is 1. The zero-order chi connectivity index (χ0) is 13.2. The van der Waals surface area contributed by atoms with Crippen molar-refractivity contribution in [1.29, 1.82) is 0 Å². The van der Waals surface area contributed by atoms with E-state index in [-0.39, 0.29) is 17.5 Å². The number of rotatable bonds is 4. The monoisotopic (exact) mass is 271 g/mol. The van der Waals surface area contributed by atoms with Crippen LogP contribution in [-0.4, -0.2) is 40.2 Å². The molecule has 1 saturated heterocycles. The van der Waals surface area contributed by atoms with E-state index >= 15 is 0 Å². The van der Waals surface area contributed by atoms with Gasteiger partial charge in [-0.2, -0.15) is 0 Å². The van der Waals surface area contributed by atoms with Crippen molar-refractivity contribution >= 4 is 15.5 Å². The summed E-state index contributed by atoms with van der Waals surface area (Å²) < 4.78 is 33.1. The Balaban J connectivity index is 2.11. The lowest BCUT2D eigenvalue weighted by atomic mass is 10.2. The van der Waals surface area contributed by atoms with Crippen molar-refractivity contribution in [2.75, 3.05) is 31.0 Å². The topological polar surface area (TPSA) is 64.6 Å². The molecule has 0 saturated carbocycles. The van der Waals surface area contributed by atoms with Crippen LogP contribution >= 0.6 is 0 Å². The lowest BCUT2D eigenvalue weighted by Gasteiger charge is -2.14. The van der Waals surface area contributed by atoms with Crippen LogP contribution < -0.4 is 14.8 Å². The molecular weight excluding hydrogens is 254 g/mol. The summed E-state index contributed by atoms with van der Waals surface area (Å²) in [7, 11) is 0.286. The minimum atomic E-state index is -2.86. The van der Waals surface area contributed by atoms with Crippen LogP contribution in [0.25, 0.3) is 0 Å². The summed E-state index contributed by atoms with van der Waals surface area (Å²) in [5.74, 6) is 1.74. The van der Waals surface area contributed by atoms with E-state index in [0.29, 0.717) is 17.9 Å². The van der Waals surface area contributed by atoms with Crippen LogP contribution in [-0.2, 0) is 9.84 Å². The largest absolute Gasteiger partial charge is 0.493 e. The number of hydrogen-bond donors (Lipinski definition) is 1. The third kappa shape index (κ3) is 2.87. The van der Waals surface area contributed by atoms with Gasteiger partial charge < -0.3 is 14.8 Å². The predicted molar refractivity (Wildman–Crippen MR) is 70.2 cm³/mol. The Morgan fingerprint density at radius 2 is 1.94 bits per heavy atom. The van der Waals surface area contributed by atoms with Crippen molar-refractivity contribution in [2.24, 2.45) is 0 Å². The van der Waals surface area contributed by atoms with Gasteiger partial charge in [0.1, 0.15) is 0 Å². The zero-order valence-corrected chi connectivity index (χ0v) is 11.3. The Morgan fingerprint density at radius 1 is 1.22 bits per heavy atom. The first kappa shape index (κ1) is 13.0. The Morgan fingerprint density at radius 3 is 2.50 bits per heavy atom. The van der Waals surface area contributed by atoms with Gasteiger partial charge in [-0.3, -0.25) is 0 Å². The van der Waals surface area contributed by atoms with Gasteiger partial charge in [0.2, 0.25) is 0 Å². The third-order valence-corrected chi connectivity index (χ3v) is 4.75. The highest BCUT2D eigenvalue weighted by Crippen LogP contribution is 2.30. The van der Waals surface area contributed by atoms with Crippen LogP contribution in [0.2, 0.25) is 0 Å². The molecule has 1 N–H and O–H groups in total. The maximum atomic E-state index is 11.4. The molecule has 100 valence electrons. The second kappa shape index (κ2) is 5.06. The summed E-state index contributed by atoms with van der Waals surface area (Å²) in [6.45, 7) is 0. The first-order valence-electron chi connectivity index (χ1n) is 5.73. The lowest BCUT2D eigenvalue weighted by Crippen LogP contribution is -2.20. The van der Waals surface area contributed by atoms with Crippen LogP contribution in [0.5, 0.6) is 11.5 Å². The van der Waals surface area contributed by atoms with E-state index in [1.165, 1.54) is 0 Å². The average Bonchev–Trinajstić information content (AvgIpc) is 2.68. The van der Waals surface area contributed by atoms with Crippen LogP contribution in [0.4, 0.5) is 5.69 Å². The number of anilines is 1. The average molecular weight is 271 g/mol. The molecule has 1 unspecified atom stereocenters. The molecule has 0 radical (unpaired) electrons. The van der Waals surface area contributed by atoms with Crippen LogP contribution in [0.15, 0.2) is 18.2 Å². The predicted octanol–water partition coefficient (Wildman–Crippen LogP) is 1.30. The molecule has 1 aliphatic heterocycles. The van der Waals surface area contributed by atoms with E-state index in [9.17, 15) is 8.42 Å². The van der Waals surface area contributed by atoms with E-state index in [0.717, 1.165) is 5.69 Å². The highest BCUT2D eigenvalue weighted by Gasteiger charge is 2.27. The number of benzene rings is 1. The first-order chi connectivity index (χ1) is 8.54. The molecule has 1 aromatic rings. The molecule has 6 heteroatoms. The molecule has 2 rings (SSSR count). The Hall–Kier alpha value is -1.43. The van der Waals surface area contributed by atoms with Crippen molar-refractivity contribution in [3.63, 3.8) is 0 Å². The van der Waals surface area contributed by atoms with E-state index in [1.54, 1.807) is 20.3 Å². The van der Waals surface area contributed by atoms with Crippen LogP contribution in [0, 0.1) is 0 Å². The van der Waals surface area contributed by atoms with Gasteiger partial charge in [-0.1, -0.05) is 0 Å². The first-order valence-corrected chi connectivity index (χ1v) is 7.55. The molecular formula is C12H17NO4S. The molecule has 0 amide bonds. The smallest absolute Gasteiger partial charge is 0.162 e. The molecule has 5 nitrogen and oxygen atoms in total. The maximum Gasteiger partial charge on any atom is 0.162 e. The van der Waals surface area contributed by atoms with Gasteiger partial charge in [0.05, 0.1) is 25.7 Å². The van der Waals surface area contributed by atoms with Gasteiger partial charge in [0.25, 0.3) is 0 Å². The number of hydrogen-bond acceptors (Lipinski definition) is 5. The molecule has 1 heterocycles. The molecule has 1 aromatic carbocycles. The highest BCUT2D eigenvalue weighted by molar-refractivity contribution is 7.91. The SMILES string of the molecule is COc1ccc(NC2CCS(=O)(=O)C2)cc1OC. The molecule has 0 aromatic heterocycles. The lowest BCUT2D eigenvalue weighted by molar-refractivity contribution is 0.355. The molecule has 0 aliphatic carbocycles. The number of methoxy groups -OCH3 is 2. The standard InChI is InChI=1S/C12H17NO4S/c1-16-11-4-3-9(7-12(11)17-2)13-10-5-6-18(14,15)8-10/h3-4,7,10,13H,5-6,8H2,1-2H3. The molecule has 18 heavy (non-hydrogen) atoms. The minimum Gasteiger partial charge on any atom is -0.493 e. The summed E-state index contributed by atoms with van der Waals surface area (Å²) in [5.41, 5.74) is 0.842. The van der Waals surface area contributed by atoms with E-state index in [2.05, 4.69) is 5.32 Å². The third-order valence-electron chi connectivity index (χ3n) is 2.99. The summed E-state index contributed by atoms with van der Waals surface area (Å²) in [5, 5.41) is 3.21. The quantitative estimate of drug-likeness (QED) is 0.894. The Kier molecular flexibility index (Phi) is 3.65. The van der Waals surface area contributed by atoms with Gasteiger partial charge in [0, 0.05) is 17.8 Å². The van der Waals surface area contributed by atoms with Gasteiger partial charge in [-0.15, -0.1) is 0 Å². The van der Waals surface area contributed by atoms with Gasteiger partial charge in [0.15, 0.2) is 21.3 Å². The van der Waals surface area contributed by atoms with E-state index in [4.69, 9.17) is 9.47 Å². The van der Waals surface area contributed by atoms with Crippen LogP contribution in [0.1, 0.15) is 6.42 Å². The maximum absolute atomic E-state index is 11.4. The zero-order valence-electron chi connectivity index (χ0n) is 10.5. The summed E-state index contributed by atoms with van der Waals surface area (Å²) in [6, 6.07) is 5.44. The van der Waals surface area contributed by atoms with E-state index < -0.39 is 9.84 Å². The van der Waals surface area contributed by atoms with Gasteiger partial charge >= 0.3 is 0 Å². The molecule has 1 fully saturated rings. The summed E-state index contributed by atoms with van der Waals surface area (Å²) >= 11 is 0. The second-order valence-electron chi connectivity index (χ2n) is 4.31. The van der Waals surface area contributed by atoms with Crippen molar-refractivity contribution in [3.05, 3.63) is 18.2 Å². The fourth-order valence-corrected chi connectivity index (χ4v) is 3.74. The fraction of sp³-hybridized carbons (Fsp3) is 0.500.